The summed E-state index contributed by atoms with van der Waals surface area (Å²) in [4.78, 5) is 20.5. The summed E-state index contributed by atoms with van der Waals surface area (Å²) >= 11 is 0. The van der Waals surface area contributed by atoms with Crippen LogP contribution < -0.4 is 10.1 Å². The average Bonchev–Trinajstić information content (AvgIpc) is 2.43. The van der Waals surface area contributed by atoms with Gasteiger partial charge in [0.15, 0.2) is 0 Å². The normalized spacial score (nSPS) is 10.3. The first-order valence-corrected chi connectivity index (χ1v) is 6.86. The van der Waals surface area contributed by atoms with Gasteiger partial charge in [-0.25, -0.2) is 0 Å². The van der Waals surface area contributed by atoms with Crippen LogP contribution in [0.1, 0.15) is 34.6 Å². The number of carbonyl (C=O) groups is 2. The molecule has 0 saturated carbocycles. The molecule has 1 aromatic rings. The van der Waals surface area contributed by atoms with Crippen molar-refractivity contribution >= 4 is 12.3 Å². The fourth-order valence-electron chi connectivity index (χ4n) is 1.56. The fraction of sp³-hybridized carbons (Fsp3) is 0.500. The maximum Gasteiger partial charge on any atom is 0.298 e. The van der Waals surface area contributed by atoms with E-state index in [1.54, 1.807) is 31.2 Å². The number of ether oxygens (including phenoxy) is 1. The fourth-order valence-corrected chi connectivity index (χ4v) is 1.56. The summed E-state index contributed by atoms with van der Waals surface area (Å²) in [5.41, 5.74) is 0. The van der Waals surface area contributed by atoms with Crippen molar-refractivity contribution in [1.82, 2.24) is 5.32 Å². The molecule has 0 fully saturated rings. The molecule has 4 nitrogen and oxygen atoms in total. The zero-order valence-electron chi connectivity index (χ0n) is 13.3. The number of para-hydroxylation sites is 1. The van der Waals surface area contributed by atoms with Crippen molar-refractivity contribution in [2.75, 3.05) is 7.05 Å². The molecule has 0 heterocycles. The van der Waals surface area contributed by atoms with Crippen molar-refractivity contribution in [2.45, 2.75) is 40.7 Å². The molecule has 1 aromatic carbocycles. The zero-order chi connectivity index (χ0) is 16.0. The minimum atomic E-state index is 0.0324. The van der Waals surface area contributed by atoms with E-state index in [0.717, 1.165) is 0 Å². The van der Waals surface area contributed by atoms with Crippen LogP contribution in [0.25, 0.3) is 0 Å². The number of carbonyl (C=O) groups excluding carboxylic acids is 2. The molecule has 0 amide bonds. The number of likely N-dealkylation sites (N-methyl/N-ethyl adjacent to an activating group) is 1. The summed E-state index contributed by atoms with van der Waals surface area (Å²) in [6.07, 6.45) is 0. The van der Waals surface area contributed by atoms with Gasteiger partial charge in [0.2, 0.25) is 0 Å². The van der Waals surface area contributed by atoms with Crippen LogP contribution in [0.2, 0.25) is 0 Å². The minimum Gasteiger partial charge on any atom is -0.429 e. The third kappa shape index (κ3) is 10.3. The molecule has 0 spiro atoms. The average molecular weight is 281 g/mol. The van der Waals surface area contributed by atoms with Gasteiger partial charge in [0, 0.05) is 0 Å². The molecule has 114 valence electrons. The zero-order valence-corrected chi connectivity index (χ0v) is 13.3. The van der Waals surface area contributed by atoms with Gasteiger partial charge in [-0.2, -0.15) is 0 Å². The number of hydrogen-bond acceptors (Lipinski definition) is 4. The second-order valence-corrected chi connectivity index (χ2v) is 4.15. The molecule has 0 radical (unpaired) electrons. The number of rotatable bonds is 5. The van der Waals surface area contributed by atoms with Crippen molar-refractivity contribution in [3.05, 3.63) is 30.3 Å². The molecule has 0 aliphatic heterocycles. The number of benzene rings is 1. The van der Waals surface area contributed by atoms with Crippen LogP contribution in [0.5, 0.6) is 5.75 Å². The summed E-state index contributed by atoms with van der Waals surface area (Å²) in [5.74, 6) is 1.19. The van der Waals surface area contributed by atoms with Crippen molar-refractivity contribution in [2.24, 2.45) is 5.92 Å². The second kappa shape index (κ2) is 13.7. The summed E-state index contributed by atoms with van der Waals surface area (Å²) in [6, 6.07) is 8.93. The van der Waals surface area contributed by atoms with E-state index in [0.29, 0.717) is 18.1 Å². The maximum atomic E-state index is 10.8. The van der Waals surface area contributed by atoms with E-state index >= 15 is 0 Å². The van der Waals surface area contributed by atoms with Gasteiger partial charge < -0.3 is 10.1 Å². The maximum absolute atomic E-state index is 10.8. The minimum absolute atomic E-state index is 0.0324. The number of Topliss-reactive ketones (excluding diaryl/α,β-unsaturated/α-hetero) is 1. The van der Waals surface area contributed by atoms with Crippen molar-refractivity contribution in [1.29, 1.82) is 0 Å². The Labute approximate surface area is 122 Å². The lowest BCUT2D eigenvalue weighted by Gasteiger charge is -2.15. The van der Waals surface area contributed by atoms with E-state index in [-0.39, 0.29) is 11.8 Å². The highest BCUT2D eigenvalue weighted by Crippen LogP contribution is 2.05. The van der Waals surface area contributed by atoms with E-state index in [2.05, 4.69) is 10.1 Å². The van der Waals surface area contributed by atoms with Crippen LogP contribution >= 0.6 is 0 Å². The molecule has 0 aliphatic rings. The summed E-state index contributed by atoms with van der Waals surface area (Å²) in [6.45, 7) is 10.1. The summed E-state index contributed by atoms with van der Waals surface area (Å²) < 4.78 is 4.53. The topological polar surface area (TPSA) is 55.4 Å². The van der Waals surface area contributed by atoms with Crippen LogP contribution in [0, 0.1) is 5.92 Å². The van der Waals surface area contributed by atoms with E-state index in [1.807, 2.05) is 40.8 Å². The molecule has 1 atom stereocenters. The van der Waals surface area contributed by atoms with Gasteiger partial charge in [-0.05, 0) is 32.0 Å². The van der Waals surface area contributed by atoms with E-state index < -0.39 is 0 Å². The van der Waals surface area contributed by atoms with Gasteiger partial charge in [-0.3, -0.25) is 9.59 Å². The molecular weight excluding hydrogens is 254 g/mol. The van der Waals surface area contributed by atoms with Gasteiger partial charge in [-0.15, -0.1) is 0 Å². The lowest BCUT2D eigenvalue weighted by Crippen LogP contribution is -2.36. The predicted octanol–water partition coefficient (Wildman–Crippen LogP) is 3.07. The molecule has 4 heteroatoms. The van der Waals surface area contributed by atoms with Gasteiger partial charge in [0.05, 0.1) is 6.04 Å². The molecule has 1 unspecified atom stereocenters. The Kier molecular flexibility index (Phi) is 14.2. The van der Waals surface area contributed by atoms with E-state index in [1.165, 1.54) is 0 Å². The molecule has 20 heavy (non-hydrogen) atoms. The number of nitrogens with one attached hydrogen (secondary N) is 1. The van der Waals surface area contributed by atoms with E-state index in [9.17, 15) is 9.59 Å². The van der Waals surface area contributed by atoms with Crippen LogP contribution in [0.3, 0.4) is 0 Å². The molecule has 0 aliphatic carbocycles. The summed E-state index contributed by atoms with van der Waals surface area (Å²) in [5, 5.41) is 2.95. The lowest BCUT2D eigenvalue weighted by atomic mass is 10.0. The van der Waals surface area contributed by atoms with Gasteiger partial charge in [0.1, 0.15) is 11.5 Å². The van der Waals surface area contributed by atoms with Crippen LogP contribution in [0.15, 0.2) is 30.3 Å². The number of ketones is 1. The molecule has 0 saturated heterocycles. The molecule has 0 aromatic heterocycles. The van der Waals surface area contributed by atoms with Crippen LogP contribution in [0.4, 0.5) is 0 Å². The Hall–Kier alpha value is -1.68. The summed E-state index contributed by atoms with van der Waals surface area (Å²) in [7, 11) is 1.81. The highest BCUT2D eigenvalue weighted by atomic mass is 16.5. The third-order valence-electron chi connectivity index (χ3n) is 2.34. The van der Waals surface area contributed by atoms with Crippen LogP contribution in [-0.2, 0) is 9.59 Å². The standard InChI is InChI=1S/C7H15NO.C7H6O2.C2H6/c1-5(2)7(8-4)6(3)9;8-6-9-7-4-2-1-3-5-7;1-2/h5,7-8H,1-4H3;1-6H;1-2H3. The Morgan fingerprint density at radius 1 is 1.20 bits per heavy atom. The molecular formula is C16H27NO3. The smallest absolute Gasteiger partial charge is 0.298 e. The van der Waals surface area contributed by atoms with Gasteiger partial charge >= 0.3 is 0 Å². The molecule has 1 N–H and O–H groups in total. The first-order valence-electron chi connectivity index (χ1n) is 6.86. The van der Waals surface area contributed by atoms with Gasteiger partial charge in [0.25, 0.3) is 6.47 Å². The number of hydrogen-bond donors (Lipinski definition) is 1. The quantitative estimate of drug-likeness (QED) is 0.843. The SMILES string of the molecule is CC.CNC(C(C)=O)C(C)C.O=COc1ccccc1. The predicted molar refractivity (Wildman–Crippen MR) is 82.8 cm³/mol. The highest BCUT2D eigenvalue weighted by molar-refractivity contribution is 5.81. The van der Waals surface area contributed by atoms with Crippen molar-refractivity contribution in [3.63, 3.8) is 0 Å². The third-order valence-corrected chi connectivity index (χ3v) is 2.34. The Morgan fingerprint density at radius 3 is 1.95 bits per heavy atom. The first-order chi connectivity index (χ1) is 9.52. The lowest BCUT2D eigenvalue weighted by molar-refractivity contribution is -0.121. The Bertz CT molecular complexity index is 350. The Balaban J connectivity index is 0. The molecule has 1 rings (SSSR count). The largest absolute Gasteiger partial charge is 0.429 e. The van der Waals surface area contributed by atoms with Crippen molar-refractivity contribution < 1.29 is 14.3 Å². The van der Waals surface area contributed by atoms with E-state index in [4.69, 9.17) is 0 Å². The van der Waals surface area contributed by atoms with Gasteiger partial charge in [-0.1, -0.05) is 45.9 Å². The Morgan fingerprint density at radius 2 is 1.70 bits per heavy atom. The monoisotopic (exact) mass is 281 g/mol. The second-order valence-electron chi connectivity index (χ2n) is 4.15. The van der Waals surface area contributed by atoms with Crippen molar-refractivity contribution in [3.8, 4) is 5.75 Å². The van der Waals surface area contributed by atoms with Crippen LogP contribution in [-0.4, -0.2) is 25.3 Å². The highest BCUT2D eigenvalue weighted by Gasteiger charge is 2.14. The molecule has 0 bridgehead atoms. The first kappa shape index (κ1) is 20.6.